The van der Waals surface area contributed by atoms with Crippen LogP contribution in [0.5, 0.6) is 0 Å². The van der Waals surface area contributed by atoms with E-state index in [-0.39, 0.29) is 36.2 Å². The number of aliphatic hydroxyl groups is 1. The number of benzene rings is 1. The molecule has 1 unspecified atom stereocenters. The second kappa shape index (κ2) is 8.27. The summed E-state index contributed by atoms with van der Waals surface area (Å²) in [5.74, 6) is 0.533. The topological polar surface area (TPSA) is 124 Å². The molecule has 2 aromatic heterocycles. The minimum Gasteiger partial charge on any atom is -0.386 e. The third kappa shape index (κ3) is 4.00. The molecule has 0 saturated carbocycles. The minimum absolute atomic E-state index is 0. The first-order valence-corrected chi connectivity index (χ1v) is 11.1. The van der Waals surface area contributed by atoms with Crippen molar-refractivity contribution in [2.45, 2.75) is 24.5 Å². The largest absolute Gasteiger partial charge is 1.00 e. The average molecular weight is 444 g/mol. The summed E-state index contributed by atoms with van der Waals surface area (Å²) in [5.41, 5.74) is 1.88. The minimum atomic E-state index is -3.36. The summed E-state index contributed by atoms with van der Waals surface area (Å²) in [6.45, 7) is -3.31. The molecule has 0 radical (unpaired) electrons. The number of hydrogen-bond acceptors (Lipinski definition) is 9. The first-order valence-electron chi connectivity index (χ1n) is 8.51. The van der Waals surface area contributed by atoms with E-state index in [4.69, 9.17) is 25.6 Å². The fraction of sp³-hybridized carbons (Fsp3) is 0.312. The van der Waals surface area contributed by atoms with Crippen LogP contribution in [0.3, 0.4) is 0 Å². The fourth-order valence-electron chi connectivity index (χ4n) is 3.35. The predicted molar refractivity (Wildman–Crippen MR) is 102 cm³/mol. The number of nitrogens with one attached hydrogen (secondary N) is 1. The van der Waals surface area contributed by atoms with Crippen LogP contribution >= 0.6 is 6.72 Å². The van der Waals surface area contributed by atoms with Gasteiger partial charge in [-0.3, -0.25) is 9.09 Å². The van der Waals surface area contributed by atoms with E-state index in [9.17, 15) is 10.00 Å². The molecular weight excluding hydrogens is 428 g/mol. The Balaban J connectivity index is 0.00000205. The molecule has 0 bridgehead atoms. The molecule has 5 atom stereocenters. The number of hydrogen-bond donors (Lipinski definition) is 3. The van der Waals surface area contributed by atoms with Crippen molar-refractivity contribution in [3.05, 3.63) is 43.0 Å². The number of rotatable bonds is 3. The predicted octanol–water partition coefficient (Wildman–Crippen LogP) is -1.54. The van der Waals surface area contributed by atoms with Crippen molar-refractivity contribution in [3.8, 4) is 0 Å². The van der Waals surface area contributed by atoms with Crippen molar-refractivity contribution in [2.75, 3.05) is 11.9 Å². The van der Waals surface area contributed by atoms with E-state index in [1.807, 2.05) is 30.3 Å². The molecule has 1 aromatic carbocycles. The van der Waals surface area contributed by atoms with Crippen LogP contribution in [0, 0.1) is 0 Å². The molecule has 2 fully saturated rings. The van der Waals surface area contributed by atoms with Crippen molar-refractivity contribution >= 4 is 41.2 Å². The monoisotopic (exact) mass is 444 g/mol. The number of aliphatic hydroxyl groups excluding tert-OH is 1. The second-order valence-electron chi connectivity index (χ2n) is 6.43. The van der Waals surface area contributed by atoms with Crippen LogP contribution in [0.15, 0.2) is 43.0 Å². The molecule has 4 heterocycles. The van der Waals surface area contributed by atoms with Crippen LogP contribution < -0.4 is 34.9 Å². The first-order chi connectivity index (χ1) is 13.5. The molecule has 0 aliphatic carbocycles. The number of fused-ring (bicyclic) bond motifs is 2. The molecule has 2 saturated heterocycles. The molecule has 2 aliphatic rings. The third-order valence-corrected chi connectivity index (χ3v) is 6.20. The van der Waals surface area contributed by atoms with Gasteiger partial charge in [0.1, 0.15) is 24.6 Å². The summed E-state index contributed by atoms with van der Waals surface area (Å²) in [5, 5.41) is 13.9. The molecule has 5 rings (SSSR count). The number of ether oxygens (including phenoxy) is 1. The summed E-state index contributed by atoms with van der Waals surface area (Å²) < 4.78 is 18.0. The summed E-state index contributed by atoms with van der Waals surface area (Å²) >= 11 is 4.87. The molecule has 0 spiro atoms. The Hall–Kier alpha value is -0.980. The van der Waals surface area contributed by atoms with Gasteiger partial charge in [0.05, 0.1) is 12.9 Å². The van der Waals surface area contributed by atoms with Crippen molar-refractivity contribution < 1.29 is 53.3 Å². The maximum absolute atomic E-state index is 10.7. The van der Waals surface area contributed by atoms with Gasteiger partial charge < -0.3 is 24.6 Å². The van der Waals surface area contributed by atoms with Gasteiger partial charge in [-0.2, -0.15) is 0 Å². The van der Waals surface area contributed by atoms with Crippen LogP contribution in [0.4, 0.5) is 11.5 Å². The Bertz CT molecular complexity index is 1070. The molecule has 13 heteroatoms. The Kier molecular flexibility index (Phi) is 6.07. The fourth-order valence-corrected chi connectivity index (χ4v) is 4.80. The van der Waals surface area contributed by atoms with Crippen LogP contribution in [-0.2, 0) is 25.6 Å². The number of nitrogens with zero attached hydrogens (tertiary/aromatic N) is 4. The van der Waals surface area contributed by atoms with Gasteiger partial charge in [0.25, 0.3) is 0 Å². The van der Waals surface area contributed by atoms with Crippen molar-refractivity contribution in [2.24, 2.45) is 0 Å². The van der Waals surface area contributed by atoms with E-state index in [2.05, 4.69) is 20.3 Å². The van der Waals surface area contributed by atoms with Crippen LogP contribution in [-0.4, -0.2) is 54.4 Å². The maximum Gasteiger partial charge on any atom is 1.00 e. The third-order valence-electron chi connectivity index (χ3n) is 4.64. The molecule has 2 aliphatic heterocycles. The second-order valence-corrected chi connectivity index (χ2v) is 9.22. The smallest absolute Gasteiger partial charge is 0.386 e. The number of para-hydroxylation sites is 1. The normalized spacial score (nSPS) is 31.2. The van der Waals surface area contributed by atoms with Gasteiger partial charge in [-0.15, -0.1) is 0 Å². The molecule has 3 aromatic rings. The molecule has 29 heavy (non-hydrogen) atoms. The van der Waals surface area contributed by atoms with E-state index >= 15 is 0 Å². The van der Waals surface area contributed by atoms with Gasteiger partial charge in [-0.1, -0.05) is 18.2 Å². The van der Waals surface area contributed by atoms with Gasteiger partial charge in [-0.05, 0) is 23.9 Å². The van der Waals surface area contributed by atoms with Crippen molar-refractivity contribution in [1.29, 1.82) is 0 Å². The molecule has 146 valence electrons. The Morgan fingerprint density at radius 2 is 2.00 bits per heavy atom. The molecular formula is C16H16N5NaO5PS+. The summed E-state index contributed by atoms with van der Waals surface area (Å²) in [6, 6.07) is 9.57. The zero-order valence-corrected chi connectivity index (χ0v) is 19.0. The Morgan fingerprint density at radius 1 is 1.21 bits per heavy atom. The summed E-state index contributed by atoms with van der Waals surface area (Å²) in [7, 11) is 0. The van der Waals surface area contributed by atoms with Crippen molar-refractivity contribution in [3.63, 3.8) is 0 Å². The molecule has 0 amide bonds. The van der Waals surface area contributed by atoms with E-state index in [1.165, 1.54) is 12.7 Å². The number of imidazole rings is 1. The van der Waals surface area contributed by atoms with Crippen molar-refractivity contribution in [1.82, 2.24) is 19.5 Å². The van der Waals surface area contributed by atoms with E-state index in [1.54, 1.807) is 4.57 Å². The summed E-state index contributed by atoms with van der Waals surface area (Å²) in [4.78, 5) is 22.8. The zero-order chi connectivity index (χ0) is 19.3. The standard InChI is InChI=1S/C16H16N5O5PS.Na/c22-12-13-10(6-24-27(23,28)26-13)25-16(12)21-8-19-11-14(17-7-18-15(11)21)20-9-4-2-1-3-5-9;/h1-5,7-8,10,12-13,16,22H,6H2,(H,23,28)(H,17,18,20);/q;+1/t10-,12-,13-,16-,27?;/m1./s1. The van der Waals surface area contributed by atoms with Gasteiger partial charge >= 0.3 is 36.3 Å². The van der Waals surface area contributed by atoms with E-state index in [0.717, 1.165) is 5.69 Å². The molecule has 10 nitrogen and oxygen atoms in total. The van der Waals surface area contributed by atoms with E-state index in [0.29, 0.717) is 17.0 Å². The quantitative estimate of drug-likeness (QED) is 0.324. The van der Waals surface area contributed by atoms with Gasteiger partial charge in [0.15, 0.2) is 23.2 Å². The maximum atomic E-state index is 10.7. The van der Waals surface area contributed by atoms with Crippen LogP contribution in [0.1, 0.15) is 6.23 Å². The Labute approximate surface area is 192 Å². The summed E-state index contributed by atoms with van der Waals surface area (Å²) in [6.07, 6.45) is -0.276. The van der Waals surface area contributed by atoms with Gasteiger partial charge in [0, 0.05) is 5.69 Å². The number of aromatic nitrogens is 4. The number of anilines is 2. The first kappa shape index (κ1) is 21.3. The zero-order valence-electron chi connectivity index (χ0n) is 15.3. The van der Waals surface area contributed by atoms with Crippen LogP contribution in [0.25, 0.3) is 11.2 Å². The average Bonchev–Trinajstić information content (AvgIpc) is 3.24. The van der Waals surface area contributed by atoms with Gasteiger partial charge in [0.2, 0.25) is 0 Å². The SMILES string of the molecule is O[C@@H]1[C@@H]2OP(O)(=S)OC[C@H]2O[C@H]1n1cnc2c(Nc3ccccc3)ncnc21.[Na+]. The van der Waals surface area contributed by atoms with E-state index < -0.39 is 31.3 Å². The van der Waals surface area contributed by atoms with Crippen LogP contribution in [0.2, 0.25) is 0 Å². The van der Waals surface area contributed by atoms with Gasteiger partial charge in [-0.25, -0.2) is 15.0 Å². The Morgan fingerprint density at radius 3 is 2.79 bits per heavy atom. The molecule has 3 N–H and O–H groups in total.